The minimum Gasteiger partial charge on any atom is -0.393 e. The highest BCUT2D eigenvalue weighted by Crippen LogP contribution is 2.24. The van der Waals surface area contributed by atoms with Crippen LogP contribution in [0.4, 0.5) is 0 Å². The van der Waals surface area contributed by atoms with E-state index in [1.165, 1.54) is 4.88 Å². The summed E-state index contributed by atoms with van der Waals surface area (Å²) in [7, 11) is 0. The second kappa shape index (κ2) is 7.06. The summed E-state index contributed by atoms with van der Waals surface area (Å²) in [4.78, 5) is 4.77. The zero-order valence-electron chi connectivity index (χ0n) is 11.3. The summed E-state index contributed by atoms with van der Waals surface area (Å²) >= 11 is 1.70. The third-order valence-electron chi connectivity index (χ3n) is 3.65. The average molecular weight is 279 g/mol. The van der Waals surface area contributed by atoms with Crippen molar-refractivity contribution in [1.29, 1.82) is 0 Å². The largest absolute Gasteiger partial charge is 0.393 e. The molecule has 19 heavy (non-hydrogen) atoms. The van der Waals surface area contributed by atoms with Crippen LogP contribution in [0.15, 0.2) is 12.1 Å². The van der Waals surface area contributed by atoms with Crippen LogP contribution in [0.5, 0.6) is 0 Å². The van der Waals surface area contributed by atoms with Crippen LogP contribution in [0.25, 0.3) is 0 Å². The monoisotopic (exact) mass is 279 g/mol. The van der Waals surface area contributed by atoms with Gasteiger partial charge in [-0.25, -0.2) is 0 Å². The molecule has 2 N–H and O–H groups in total. The molecular weight excluding hydrogens is 258 g/mol. The van der Waals surface area contributed by atoms with Crippen LogP contribution < -0.4 is 0 Å². The highest BCUT2D eigenvalue weighted by Gasteiger charge is 2.22. The number of aliphatic hydroxyl groups excluding tert-OH is 2. The Morgan fingerprint density at radius 2 is 2.16 bits per heavy atom. The molecule has 1 saturated heterocycles. The predicted octanol–water partition coefficient (Wildman–Crippen LogP) is 1.68. The van der Waals surface area contributed by atoms with E-state index in [2.05, 4.69) is 22.8 Å². The van der Waals surface area contributed by atoms with Gasteiger partial charge in [-0.3, -0.25) is 4.90 Å². The minimum atomic E-state index is -0.177. The smallest absolute Gasteiger partial charge is 0.104 e. The molecule has 0 bridgehead atoms. The van der Waals surface area contributed by atoms with E-state index in [9.17, 15) is 5.11 Å². The molecule has 3 nitrogen and oxygen atoms in total. The maximum atomic E-state index is 9.59. The summed E-state index contributed by atoms with van der Waals surface area (Å²) in [5.74, 6) is 6.08. The van der Waals surface area contributed by atoms with Crippen molar-refractivity contribution in [1.82, 2.24) is 4.90 Å². The minimum absolute atomic E-state index is 0.0832. The van der Waals surface area contributed by atoms with E-state index in [4.69, 9.17) is 5.11 Å². The first-order chi connectivity index (χ1) is 9.19. The number of aliphatic hydroxyl groups is 2. The SMILES string of the molecule is CC(O)C1CCN(Cc2ccc(C#CCO)s2)CC1. The fourth-order valence-corrected chi connectivity index (χ4v) is 3.40. The van der Waals surface area contributed by atoms with Gasteiger partial charge in [0, 0.05) is 11.4 Å². The van der Waals surface area contributed by atoms with Crippen molar-refractivity contribution >= 4 is 11.3 Å². The van der Waals surface area contributed by atoms with Crippen molar-refractivity contribution in [2.75, 3.05) is 19.7 Å². The average Bonchev–Trinajstić information content (AvgIpc) is 2.84. The molecule has 1 aromatic rings. The molecule has 0 saturated carbocycles. The Morgan fingerprint density at radius 3 is 2.79 bits per heavy atom. The van der Waals surface area contributed by atoms with Gasteiger partial charge in [-0.15, -0.1) is 11.3 Å². The highest BCUT2D eigenvalue weighted by atomic mass is 32.1. The lowest BCUT2D eigenvalue weighted by Gasteiger charge is -2.32. The van der Waals surface area contributed by atoms with Crippen molar-refractivity contribution in [3.63, 3.8) is 0 Å². The lowest BCUT2D eigenvalue weighted by atomic mass is 9.92. The lowest BCUT2D eigenvalue weighted by Crippen LogP contribution is -2.36. The van der Waals surface area contributed by atoms with Gasteiger partial charge >= 0.3 is 0 Å². The van der Waals surface area contributed by atoms with Crippen molar-refractivity contribution < 1.29 is 10.2 Å². The number of piperidine rings is 1. The molecule has 0 amide bonds. The molecule has 0 aliphatic carbocycles. The molecule has 1 aromatic heterocycles. The standard InChI is InChI=1S/C15H21NO2S/c1-12(18)13-6-8-16(9-7-13)11-15-5-4-14(19-15)3-2-10-17/h4-5,12-13,17-18H,6-11H2,1H3. The Balaban J connectivity index is 1.84. The van der Waals surface area contributed by atoms with Crippen molar-refractivity contribution in [3.05, 3.63) is 21.9 Å². The van der Waals surface area contributed by atoms with Crippen LogP contribution >= 0.6 is 11.3 Å². The Labute approximate surface area is 118 Å². The van der Waals surface area contributed by atoms with Crippen LogP contribution in [0.1, 0.15) is 29.5 Å². The van der Waals surface area contributed by atoms with E-state index in [1.807, 2.05) is 13.0 Å². The van der Waals surface area contributed by atoms with Crippen molar-refractivity contribution in [2.24, 2.45) is 5.92 Å². The van der Waals surface area contributed by atoms with E-state index in [-0.39, 0.29) is 12.7 Å². The molecule has 1 atom stereocenters. The molecule has 0 aromatic carbocycles. The van der Waals surface area contributed by atoms with E-state index >= 15 is 0 Å². The molecule has 2 heterocycles. The molecule has 0 spiro atoms. The van der Waals surface area contributed by atoms with Gasteiger partial charge in [-0.05, 0) is 50.9 Å². The van der Waals surface area contributed by atoms with Gasteiger partial charge in [0.25, 0.3) is 0 Å². The fraction of sp³-hybridized carbons (Fsp3) is 0.600. The molecule has 1 aliphatic heterocycles. The summed E-state index contributed by atoms with van der Waals surface area (Å²) < 4.78 is 0. The normalized spacial score (nSPS) is 18.9. The number of likely N-dealkylation sites (tertiary alicyclic amines) is 1. The van der Waals surface area contributed by atoms with Gasteiger partial charge in [-0.1, -0.05) is 11.8 Å². The zero-order chi connectivity index (χ0) is 13.7. The molecule has 1 aliphatic rings. The Hall–Kier alpha value is -0.860. The number of nitrogens with zero attached hydrogens (tertiary/aromatic N) is 1. The molecule has 2 rings (SSSR count). The Kier molecular flexibility index (Phi) is 5.41. The van der Waals surface area contributed by atoms with E-state index in [1.54, 1.807) is 11.3 Å². The van der Waals surface area contributed by atoms with Crippen molar-refractivity contribution in [3.8, 4) is 11.8 Å². The molecule has 1 unspecified atom stereocenters. The van der Waals surface area contributed by atoms with Crippen LogP contribution in [0.3, 0.4) is 0 Å². The van der Waals surface area contributed by atoms with Gasteiger partial charge < -0.3 is 10.2 Å². The van der Waals surface area contributed by atoms with Crippen LogP contribution in [0.2, 0.25) is 0 Å². The summed E-state index contributed by atoms with van der Waals surface area (Å²) in [6, 6.07) is 4.14. The molecule has 4 heteroatoms. The predicted molar refractivity (Wildman–Crippen MR) is 78.0 cm³/mol. The summed E-state index contributed by atoms with van der Waals surface area (Å²) in [5.41, 5.74) is 0. The van der Waals surface area contributed by atoms with E-state index in [0.29, 0.717) is 5.92 Å². The van der Waals surface area contributed by atoms with Gasteiger partial charge in [0.05, 0.1) is 11.0 Å². The number of rotatable bonds is 3. The number of hydrogen-bond acceptors (Lipinski definition) is 4. The topological polar surface area (TPSA) is 43.7 Å². The zero-order valence-corrected chi connectivity index (χ0v) is 12.1. The maximum absolute atomic E-state index is 9.59. The summed E-state index contributed by atoms with van der Waals surface area (Å²) in [6.45, 7) is 4.90. The third kappa shape index (κ3) is 4.32. The van der Waals surface area contributed by atoms with Crippen LogP contribution in [-0.4, -0.2) is 40.9 Å². The quantitative estimate of drug-likeness (QED) is 0.828. The molecule has 0 radical (unpaired) electrons. The molecule has 1 fully saturated rings. The first-order valence-electron chi connectivity index (χ1n) is 6.78. The van der Waals surface area contributed by atoms with Crippen LogP contribution in [-0.2, 0) is 6.54 Å². The number of hydrogen-bond donors (Lipinski definition) is 2. The highest BCUT2D eigenvalue weighted by molar-refractivity contribution is 7.12. The van der Waals surface area contributed by atoms with Crippen molar-refractivity contribution in [2.45, 2.75) is 32.4 Å². The van der Waals surface area contributed by atoms with E-state index < -0.39 is 0 Å². The number of thiophene rings is 1. The molecular formula is C15H21NO2S. The summed E-state index contributed by atoms with van der Waals surface area (Å²) in [5, 5.41) is 18.3. The van der Waals surface area contributed by atoms with E-state index in [0.717, 1.165) is 37.4 Å². The van der Waals surface area contributed by atoms with Gasteiger partial charge in [-0.2, -0.15) is 0 Å². The maximum Gasteiger partial charge on any atom is 0.104 e. The summed E-state index contributed by atoms with van der Waals surface area (Å²) in [6.07, 6.45) is 1.99. The van der Waals surface area contributed by atoms with Gasteiger partial charge in [0.15, 0.2) is 0 Å². The Morgan fingerprint density at radius 1 is 1.42 bits per heavy atom. The van der Waals surface area contributed by atoms with Crippen LogP contribution in [0, 0.1) is 17.8 Å². The second-order valence-electron chi connectivity index (χ2n) is 5.08. The Bertz CT molecular complexity index is 450. The third-order valence-corrected chi connectivity index (χ3v) is 4.63. The second-order valence-corrected chi connectivity index (χ2v) is 6.25. The first-order valence-corrected chi connectivity index (χ1v) is 7.59. The first kappa shape index (κ1) is 14.5. The van der Waals surface area contributed by atoms with Gasteiger partial charge in [0.1, 0.15) is 6.61 Å². The fourth-order valence-electron chi connectivity index (χ4n) is 2.47. The van der Waals surface area contributed by atoms with Gasteiger partial charge in [0.2, 0.25) is 0 Å². The molecule has 104 valence electrons. The lowest BCUT2D eigenvalue weighted by molar-refractivity contribution is 0.0698.